The van der Waals surface area contributed by atoms with Crippen LogP contribution in [0.5, 0.6) is 0 Å². The SMILES string of the molecule is COC(=O)c1ccc(CNC[C@H](OCc2ccc(CCc3ccccc3)cc2)c2cccc(Cl)c2)cc1. The first kappa shape index (κ1) is 26.6. The number of ether oxygens (including phenoxy) is 2. The van der Waals surface area contributed by atoms with Gasteiger partial charge in [-0.15, -0.1) is 0 Å². The maximum atomic E-state index is 11.6. The Bertz CT molecular complexity index is 1260. The lowest BCUT2D eigenvalue weighted by Gasteiger charge is -2.20. The van der Waals surface area contributed by atoms with Crippen LogP contribution in [-0.2, 0) is 35.5 Å². The van der Waals surface area contributed by atoms with Gasteiger partial charge < -0.3 is 14.8 Å². The van der Waals surface area contributed by atoms with Crippen LogP contribution < -0.4 is 5.32 Å². The second-order valence-electron chi connectivity index (χ2n) is 8.98. The largest absolute Gasteiger partial charge is 0.465 e. The topological polar surface area (TPSA) is 47.6 Å². The molecule has 5 heteroatoms. The van der Waals surface area contributed by atoms with Crippen LogP contribution in [0.25, 0.3) is 0 Å². The Morgan fingerprint density at radius 1 is 0.784 bits per heavy atom. The summed E-state index contributed by atoms with van der Waals surface area (Å²) < 4.78 is 11.1. The number of hydrogen-bond donors (Lipinski definition) is 1. The smallest absolute Gasteiger partial charge is 0.337 e. The summed E-state index contributed by atoms with van der Waals surface area (Å²) in [4.78, 5) is 11.6. The summed E-state index contributed by atoms with van der Waals surface area (Å²) in [6.07, 6.45) is 1.89. The van der Waals surface area contributed by atoms with E-state index in [9.17, 15) is 4.79 Å². The van der Waals surface area contributed by atoms with Crippen LogP contribution in [0, 0.1) is 0 Å². The van der Waals surface area contributed by atoms with Crippen molar-refractivity contribution >= 4 is 17.6 Å². The van der Waals surface area contributed by atoms with Crippen LogP contribution in [-0.4, -0.2) is 19.6 Å². The predicted molar refractivity (Wildman–Crippen MR) is 149 cm³/mol. The van der Waals surface area contributed by atoms with E-state index in [0.29, 0.717) is 30.3 Å². The molecule has 37 heavy (non-hydrogen) atoms. The molecule has 0 fully saturated rings. The van der Waals surface area contributed by atoms with Crippen LogP contribution in [0.15, 0.2) is 103 Å². The maximum absolute atomic E-state index is 11.6. The molecule has 1 atom stereocenters. The van der Waals surface area contributed by atoms with E-state index < -0.39 is 0 Å². The van der Waals surface area contributed by atoms with E-state index in [0.717, 1.165) is 29.5 Å². The molecule has 4 aromatic rings. The number of carbonyl (C=O) groups excluding carboxylic acids is 1. The Hall–Kier alpha value is -3.44. The quantitative estimate of drug-likeness (QED) is 0.208. The minimum absolute atomic E-state index is 0.161. The lowest BCUT2D eigenvalue weighted by molar-refractivity contribution is 0.0396. The monoisotopic (exact) mass is 513 g/mol. The molecule has 0 saturated heterocycles. The van der Waals surface area contributed by atoms with Crippen molar-refractivity contribution in [2.75, 3.05) is 13.7 Å². The van der Waals surface area contributed by atoms with Gasteiger partial charge >= 0.3 is 5.97 Å². The van der Waals surface area contributed by atoms with E-state index in [2.05, 4.69) is 53.8 Å². The van der Waals surface area contributed by atoms with E-state index in [1.165, 1.54) is 18.2 Å². The standard InChI is InChI=1S/C32H32ClNO3/c1-36-32(35)28-18-16-26(17-19-28)21-34-22-31(29-8-5-9-30(33)20-29)37-23-27-14-12-25(13-15-27)11-10-24-6-3-2-4-7-24/h2-9,12-20,31,34H,10-11,21-23H2,1H3/t31-/m0/s1. The van der Waals surface area contributed by atoms with Crippen LogP contribution >= 0.6 is 11.6 Å². The van der Waals surface area contributed by atoms with Crippen molar-refractivity contribution < 1.29 is 14.3 Å². The molecule has 190 valence electrons. The zero-order valence-corrected chi connectivity index (χ0v) is 21.8. The number of esters is 1. The highest BCUT2D eigenvalue weighted by Crippen LogP contribution is 2.22. The molecule has 0 spiro atoms. The predicted octanol–water partition coefficient (Wildman–Crippen LogP) is 6.96. The van der Waals surface area contributed by atoms with Crippen molar-refractivity contribution in [3.63, 3.8) is 0 Å². The number of benzene rings is 4. The normalized spacial score (nSPS) is 11.7. The minimum atomic E-state index is -0.335. The summed E-state index contributed by atoms with van der Waals surface area (Å²) in [5, 5.41) is 4.16. The van der Waals surface area contributed by atoms with Gasteiger partial charge in [0.25, 0.3) is 0 Å². The van der Waals surface area contributed by atoms with Crippen LogP contribution in [0.2, 0.25) is 5.02 Å². The number of halogens is 1. The first-order valence-corrected chi connectivity index (χ1v) is 12.9. The number of methoxy groups -OCH3 is 1. The summed E-state index contributed by atoms with van der Waals surface area (Å²) in [5.74, 6) is -0.335. The Kier molecular flexibility index (Phi) is 9.89. The molecule has 4 aromatic carbocycles. The van der Waals surface area contributed by atoms with E-state index in [4.69, 9.17) is 21.1 Å². The van der Waals surface area contributed by atoms with Gasteiger partial charge in [-0.3, -0.25) is 0 Å². The van der Waals surface area contributed by atoms with Crippen LogP contribution in [0.1, 0.15) is 44.3 Å². The van der Waals surface area contributed by atoms with E-state index in [-0.39, 0.29) is 12.1 Å². The molecule has 0 unspecified atom stereocenters. The highest BCUT2D eigenvalue weighted by Gasteiger charge is 2.13. The van der Waals surface area contributed by atoms with Crippen molar-refractivity contribution in [1.29, 1.82) is 0 Å². The van der Waals surface area contributed by atoms with E-state index in [1.54, 1.807) is 12.1 Å². The number of carbonyl (C=O) groups is 1. The molecule has 0 aliphatic heterocycles. The Morgan fingerprint density at radius 2 is 1.43 bits per heavy atom. The van der Waals surface area contributed by atoms with Crippen molar-refractivity contribution in [2.24, 2.45) is 0 Å². The third-order valence-corrected chi connectivity index (χ3v) is 6.51. The van der Waals surface area contributed by atoms with Gasteiger partial charge in [0, 0.05) is 18.1 Å². The summed E-state index contributed by atoms with van der Waals surface area (Å²) in [5.41, 5.74) is 6.44. The Morgan fingerprint density at radius 3 is 2.11 bits per heavy atom. The summed E-state index contributed by atoms with van der Waals surface area (Å²) in [6, 6.07) is 34.4. The third-order valence-electron chi connectivity index (χ3n) is 6.27. The zero-order chi connectivity index (χ0) is 25.9. The summed E-state index contributed by atoms with van der Waals surface area (Å²) in [7, 11) is 1.38. The third kappa shape index (κ3) is 8.29. The molecule has 0 aliphatic carbocycles. The van der Waals surface area contributed by atoms with Crippen LogP contribution in [0.4, 0.5) is 0 Å². The first-order valence-electron chi connectivity index (χ1n) is 12.5. The lowest BCUT2D eigenvalue weighted by Crippen LogP contribution is -2.23. The molecule has 0 aromatic heterocycles. The molecule has 0 heterocycles. The molecule has 0 amide bonds. The number of hydrogen-bond acceptors (Lipinski definition) is 4. The highest BCUT2D eigenvalue weighted by molar-refractivity contribution is 6.30. The van der Waals surface area contributed by atoms with Crippen molar-refractivity contribution in [1.82, 2.24) is 5.32 Å². The summed E-state index contributed by atoms with van der Waals surface area (Å²) in [6.45, 7) is 1.78. The van der Waals surface area contributed by atoms with Crippen LogP contribution in [0.3, 0.4) is 0 Å². The van der Waals surface area contributed by atoms with Gasteiger partial charge in [-0.2, -0.15) is 0 Å². The molecule has 1 N–H and O–H groups in total. The zero-order valence-electron chi connectivity index (χ0n) is 21.0. The average Bonchev–Trinajstić information content (AvgIpc) is 2.95. The van der Waals surface area contributed by atoms with Gasteiger partial charge in [0.05, 0.1) is 25.4 Å². The van der Waals surface area contributed by atoms with Gasteiger partial charge in [0.2, 0.25) is 0 Å². The lowest BCUT2D eigenvalue weighted by atomic mass is 10.0. The van der Waals surface area contributed by atoms with E-state index in [1.807, 2.05) is 42.5 Å². The van der Waals surface area contributed by atoms with Gasteiger partial charge in [-0.1, -0.05) is 90.5 Å². The van der Waals surface area contributed by atoms with Gasteiger partial charge in [-0.05, 0) is 64.9 Å². The second kappa shape index (κ2) is 13.8. The number of nitrogens with one attached hydrogen (secondary N) is 1. The molecule has 0 saturated carbocycles. The Labute approximate surface area is 224 Å². The van der Waals surface area contributed by atoms with E-state index >= 15 is 0 Å². The molecular formula is C32H32ClNO3. The number of rotatable bonds is 12. The maximum Gasteiger partial charge on any atom is 0.337 e. The van der Waals surface area contributed by atoms with Crippen molar-refractivity contribution in [3.8, 4) is 0 Å². The Balaban J connectivity index is 1.33. The molecule has 0 radical (unpaired) electrons. The van der Waals surface area contributed by atoms with Crippen molar-refractivity contribution in [3.05, 3.63) is 142 Å². The average molecular weight is 514 g/mol. The van der Waals surface area contributed by atoms with Gasteiger partial charge in [0.15, 0.2) is 0 Å². The highest BCUT2D eigenvalue weighted by atomic mass is 35.5. The van der Waals surface area contributed by atoms with Crippen molar-refractivity contribution in [2.45, 2.75) is 32.1 Å². The van der Waals surface area contributed by atoms with Gasteiger partial charge in [-0.25, -0.2) is 4.79 Å². The molecular weight excluding hydrogens is 482 g/mol. The molecule has 0 aliphatic rings. The van der Waals surface area contributed by atoms with Gasteiger partial charge in [0.1, 0.15) is 0 Å². The minimum Gasteiger partial charge on any atom is -0.465 e. The second-order valence-corrected chi connectivity index (χ2v) is 9.41. The first-order chi connectivity index (χ1) is 18.1. The molecule has 4 nitrogen and oxygen atoms in total. The number of aryl methyl sites for hydroxylation is 2. The molecule has 4 rings (SSSR count). The fraction of sp³-hybridized carbons (Fsp3) is 0.219. The molecule has 0 bridgehead atoms. The fourth-order valence-electron chi connectivity index (χ4n) is 4.14. The fourth-order valence-corrected chi connectivity index (χ4v) is 4.34. The summed E-state index contributed by atoms with van der Waals surface area (Å²) >= 11 is 6.27.